The molecule has 1 aliphatic rings. The minimum atomic E-state index is -4.36. The van der Waals surface area contributed by atoms with E-state index >= 15 is 0 Å². The Morgan fingerprint density at radius 2 is 1.85 bits per heavy atom. The topological polar surface area (TPSA) is 27.3 Å². The summed E-state index contributed by atoms with van der Waals surface area (Å²) in [4.78, 5) is 2.41. The van der Waals surface area contributed by atoms with E-state index in [0.717, 1.165) is 44.6 Å². The van der Waals surface area contributed by atoms with E-state index in [1.54, 1.807) is 6.07 Å². The second-order valence-electron chi connectivity index (χ2n) is 6.61. The third-order valence-electron chi connectivity index (χ3n) is 4.59. The molecule has 144 valence electrons. The Labute approximate surface area is 162 Å². The molecule has 0 fully saturated rings. The molecule has 7 heteroatoms. The lowest BCUT2D eigenvalue weighted by Crippen LogP contribution is -2.34. The van der Waals surface area contributed by atoms with Gasteiger partial charge in [-0.05, 0) is 54.4 Å². The molecule has 0 saturated heterocycles. The summed E-state index contributed by atoms with van der Waals surface area (Å²) in [5.41, 5.74) is 2.45. The van der Waals surface area contributed by atoms with Gasteiger partial charge in [-0.15, -0.1) is 0 Å². The molecule has 0 aromatic heterocycles. The van der Waals surface area contributed by atoms with Crippen LogP contribution in [0.4, 0.5) is 18.9 Å². The lowest BCUT2D eigenvalue weighted by molar-refractivity contribution is -0.137. The molecule has 3 nitrogen and oxygen atoms in total. The smallest absolute Gasteiger partial charge is 0.362 e. The highest BCUT2D eigenvalue weighted by molar-refractivity contribution is 7.80. The first kappa shape index (κ1) is 19.6. The van der Waals surface area contributed by atoms with Crippen molar-refractivity contribution in [2.24, 2.45) is 0 Å². The van der Waals surface area contributed by atoms with Crippen molar-refractivity contribution in [3.05, 3.63) is 65.2 Å². The summed E-state index contributed by atoms with van der Waals surface area (Å²) in [7, 11) is 0. The SMILES string of the molecule is FC(F)(F)c1cccc(NC(=S)NCCCN2CCc3ccccc3C2)c1. The van der Waals surface area contributed by atoms with Gasteiger partial charge in [0.25, 0.3) is 0 Å². The van der Waals surface area contributed by atoms with Crippen LogP contribution in [0.2, 0.25) is 0 Å². The molecule has 3 rings (SSSR count). The number of nitrogens with one attached hydrogen (secondary N) is 2. The van der Waals surface area contributed by atoms with E-state index in [4.69, 9.17) is 12.2 Å². The predicted molar refractivity (Wildman–Crippen MR) is 106 cm³/mol. The highest BCUT2D eigenvalue weighted by Gasteiger charge is 2.30. The second kappa shape index (κ2) is 8.71. The van der Waals surface area contributed by atoms with Crippen LogP contribution < -0.4 is 10.6 Å². The zero-order chi connectivity index (χ0) is 19.3. The molecular formula is C20H22F3N3S. The maximum Gasteiger partial charge on any atom is 0.416 e. The highest BCUT2D eigenvalue weighted by Crippen LogP contribution is 2.30. The van der Waals surface area contributed by atoms with Gasteiger partial charge in [0, 0.05) is 31.9 Å². The van der Waals surface area contributed by atoms with Gasteiger partial charge in [-0.1, -0.05) is 30.3 Å². The van der Waals surface area contributed by atoms with Crippen molar-refractivity contribution < 1.29 is 13.2 Å². The molecule has 0 bridgehead atoms. The second-order valence-corrected chi connectivity index (χ2v) is 7.02. The summed E-state index contributed by atoms with van der Waals surface area (Å²) in [5, 5.41) is 6.20. The average Bonchev–Trinajstić information content (AvgIpc) is 2.65. The first-order chi connectivity index (χ1) is 12.9. The molecule has 1 heterocycles. The molecule has 2 N–H and O–H groups in total. The molecule has 27 heavy (non-hydrogen) atoms. The fourth-order valence-electron chi connectivity index (χ4n) is 3.20. The van der Waals surface area contributed by atoms with E-state index in [9.17, 15) is 13.2 Å². The molecule has 1 aliphatic heterocycles. The molecule has 0 radical (unpaired) electrons. The molecule has 0 amide bonds. The maximum absolute atomic E-state index is 12.7. The number of fused-ring (bicyclic) bond motifs is 1. The minimum absolute atomic E-state index is 0.329. The third-order valence-corrected chi connectivity index (χ3v) is 4.84. The molecule has 0 atom stereocenters. The van der Waals surface area contributed by atoms with E-state index < -0.39 is 11.7 Å². The van der Waals surface area contributed by atoms with Crippen LogP contribution in [0.15, 0.2) is 48.5 Å². The molecule has 2 aromatic rings. The van der Waals surface area contributed by atoms with Crippen molar-refractivity contribution in [3.63, 3.8) is 0 Å². The van der Waals surface area contributed by atoms with Crippen LogP contribution in [0.3, 0.4) is 0 Å². The number of nitrogens with zero attached hydrogens (tertiary/aromatic N) is 1. The summed E-state index contributed by atoms with van der Waals surface area (Å²) >= 11 is 5.18. The molecule has 0 spiro atoms. The van der Waals surface area contributed by atoms with E-state index in [1.807, 2.05) is 0 Å². The highest BCUT2D eigenvalue weighted by atomic mass is 32.1. The predicted octanol–water partition coefficient (Wildman–Crippen LogP) is 4.44. The summed E-state index contributed by atoms with van der Waals surface area (Å²) < 4.78 is 38.2. The van der Waals surface area contributed by atoms with Gasteiger partial charge in [-0.3, -0.25) is 4.90 Å². The van der Waals surface area contributed by atoms with Gasteiger partial charge in [0.15, 0.2) is 5.11 Å². The van der Waals surface area contributed by atoms with Crippen LogP contribution in [0.25, 0.3) is 0 Å². The number of benzene rings is 2. The lowest BCUT2D eigenvalue weighted by Gasteiger charge is -2.28. The molecule has 0 saturated carbocycles. The largest absolute Gasteiger partial charge is 0.416 e. The standard InChI is InChI=1S/C20H22F3N3S/c21-20(22,23)17-7-3-8-18(13-17)25-19(27)24-10-4-11-26-12-9-15-5-1-2-6-16(15)14-26/h1-3,5-8,13H,4,9-12,14H2,(H2,24,25,27). The Balaban J connectivity index is 1.39. The van der Waals surface area contributed by atoms with E-state index in [1.165, 1.54) is 17.2 Å². The van der Waals surface area contributed by atoms with Crippen LogP contribution in [0, 0.1) is 0 Å². The number of hydrogen-bond donors (Lipinski definition) is 2. The summed E-state index contributed by atoms with van der Waals surface area (Å²) in [6, 6.07) is 13.5. The monoisotopic (exact) mass is 393 g/mol. The van der Waals surface area contributed by atoms with E-state index in [0.29, 0.717) is 17.3 Å². The zero-order valence-electron chi connectivity index (χ0n) is 14.9. The maximum atomic E-state index is 12.7. The number of alkyl halides is 3. The van der Waals surface area contributed by atoms with E-state index in [2.05, 4.69) is 39.8 Å². The zero-order valence-corrected chi connectivity index (χ0v) is 15.7. The summed E-state index contributed by atoms with van der Waals surface area (Å²) in [6.45, 7) is 3.63. The quantitative estimate of drug-likeness (QED) is 0.580. The van der Waals surface area contributed by atoms with Gasteiger partial charge in [-0.25, -0.2) is 0 Å². The minimum Gasteiger partial charge on any atom is -0.362 e. The van der Waals surface area contributed by atoms with Gasteiger partial charge >= 0.3 is 6.18 Å². The number of hydrogen-bond acceptors (Lipinski definition) is 2. The van der Waals surface area contributed by atoms with Gasteiger partial charge < -0.3 is 10.6 Å². The first-order valence-corrected chi connectivity index (χ1v) is 9.34. The van der Waals surface area contributed by atoms with Crippen molar-refractivity contribution in [1.29, 1.82) is 0 Å². The molecule has 2 aromatic carbocycles. The molecule has 0 aliphatic carbocycles. The molecular weight excluding hydrogens is 371 g/mol. The molecule has 0 unspecified atom stereocenters. The Hall–Kier alpha value is -2.12. The first-order valence-electron chi connectivity index (χ1n) is 8.93. The number of anilines is 1. The average molecular weight is 393 g/mol. The van der Waals surface area contributed by atoms with Crippen molar-refractivity contribution in [3.8, 4) is 0 Å². The fraction of sp³-hybridized carbons (Fsp3) is 0.350. The fourth-order valence-corrected chi connectivity index (χ4v) is 3.42. The number of halogens is 3. The van der Waals surface area contributed by atoms with Gasteiger partial charge in [0.2, 0.25) is 0 Å². The summed E-state index contributed by atoms with van der Waals surface area (Å²) in [5.74, 6) is 0. The van der Waals surface area contributed by atoms with Gasteiger partial charge in [0.1, 0.15) is 0 Å². The number of rotatable bonds is 5. The van der Waals surface area contributed by atoms with Crippen LogP contribution in [0.5, 0.6) is 0 Å². The van der Waals surface area contributed by atoms with Crippen LogP contribution in [-0.2, 0) is 19.1 Å². The Morgan fingerprint density at radius 1 is 1.07 bits per heavy atom. The van der Waals surface area contributed by atoms with Crippen LogP contribution in [0.1, 0.15) is 23.1 Å². The summed E-state index contributed by atoms with van der Waals surface area (Å²) in [6.07, 6.45) is -2.38. The van der Waals surface area contributed by atoms with Crippen molar-refractivity contribution >= 4 is 23.0 Å². The Kier molecular flexibility index (Phi) is 6.34. The number of thiocarbonyl (C=S) groups is 1. The van der Waals surface area contributed by atoms with Gasteiger partial charge in [-0.2, -0.15) is 13.2 Å². The van der Waals surface area contributed by atoms with Crippen molar-refractivity contribution in [2.45, 2.75) is 25.6 Å². The Morgan fingerprint density at radius 3 is 2.63 bits per heavy atom. The van der Waals surface area contributed by atoms with Crippen molar-refractivity contribution in [2.75, 3.05) is 25.0 Å². The third kappa shape index (κ3) is 5.68. The van der Waals surface area contributed by atoms with Gasteiger partial charge in [0.05, 0.1) is 5.56 Å². The van der Waals surface area contributed by atoms with Crippen molar-refractivity contribution in [1.82, 2.24) is 10.2 Å². The lowest BCUT2D eigenvalue weighted by atomic mass is 10.00. The van der Waals surface area contributed by atoms with Crippen LogP contribution >= 0.6 is 12.2 Å². The Bertz CT molecular complexity index is 792. The van der Waals surface area contributed by atoms with E-state index in [-0.39, 0.29) is 0 Å². The van der Waals surface area contributed by atoms with Crippen LogP contribution in [-0.4, -0.2) is 29.6 Å². The normalized spacial score (nSPS) is 14.5.